The lowest BCUT2D eigenvalue weighted by molar-refractivity contribution is 0.375. The van der Waals surface area contributed by atoms with Crippen LogP contribution < -0.4 is 0 Å². The highest BCUT2D eigenvalue weighted by Crippen LogP contribution is 2.34. The molecule has 4 aromatic carbocycles. The predicted octanol–water partition coefficient (Wildman–Crippen LogP) is 9.98. The fourth-order valence-corrected chi connectivity index (χ4v) is 6.78. The molecule has 10 rings (SSSR count). The van der Waals surface area contributed by atoms with Crippen LogP contribution >= 0.6 is 0 Å². The van der Waals surface area contributed by atoms with Gasteiger partial charge in [-0.1, -0.05) is 94.0 Å². The topological polar surface area (TPSA) is 234 Å². The molecule has 0 aliphatic rings. The van der Waals surface area contributed by atoms with E-state index in [9.17, 15) is 0 Å². The number of aryl methyl sites for hydroxylation is 3. The largest absolute Gasteiger partial charge is 0.339 e. The summed E-state index contributed by atoms with van der Waals surface area (Å²) in [5.74, 6) is 4.77. The van der Waals surface area contributed by atoms with E-state index in [4.69, 9.17) is 42.1 Å². The first-order chi connectivity index (χ1) is 31.0. The van der Waals surface area contributed by atoms with Gasteiger partial charge in [-0.2, -0.15) is 29.9 Å². The average Bonchev–Trinajstić information content (AvgIpc) is 4.19. The van der Waals surface area contributed by atoms with Crippen molar-refractivity contribution in [2.75, 3.05) is 0 Å². The van der Waals surface area contributed by atoms with E-state index >= 15 is 0 Å². The Labute approximate surface area is 357 Å². The van der Waals surface area contributed by atoms with Crippen LogP contribution in [-0.2, 0) is 12.8 Å². The molecular weight excluding hydrogens is 805 g/mol. The maximum atomic E-state index is 5.83. The molecule has 0 bridgehead atoms. The molecular formula is C45H36N12O6. The fraction of sp³-hybridized carbons (Fsp3) is 0.200. The van der Waals surface area contributed by atoms with E-state index in [1.807, 2.05) is 91.0 Å². The number of hydrogen-bond acceptors (Lipinski definition) is 18. The molecule has 6 aromatic heterocycles. The molecule has 0 unspecified atom stereocenters. The second kappa shape index (κ2) is 17.0. The summed E-state index contributed by atoms with van der Waals surface area (Å²) in [6.07, 6.45) is 5.42. The Hall–Kier alpha value is -8.28. The van der Waals surface area contributed by atoms with Crippen LogP contribution in [0.2, 0.25) is 0 Å². The zero-order chi connectivity index (χ0) is 42.7. The normalized spacial score (nSPS) is 11.5. The van der Waals surface area contributed by atoms with Crippen molar-refractivity contribution in [1.82, 2.24) is 60.8 Å². The summed E-state index contributed by atoms with van der Waals surface area (Å²) in [6, 6.07) is 28.0. The fourth-order valence-electron chi connectivity index (χ4n) is 6.78. The summed E-state index contributed by atoms with van der Waals surface area (Å²) in [5.41, 5.74) is 5.94. The molecule has 0 aliphatic carbocycles. The molecule has 0 saturated heterocycles. The van der Waals surface area contributed by atoms with Gasteiger partial charge < -0.3 is 27.1 Å². The van der Waals surface area contributed by atoms with Crippen LogP contribution in [0.15, 0.2) is 118 Å². The summed E-state index contributed by atoms with van der Waals surface area (Å²) in [6.45, 7) is 5.96. The summed E-state index contributed by atoms with van der Waals surface area (Å²) < 4.78 is 33.6. The second-order valence-electron chi connectivity index (χ2n) is 14.7. The minimum atomic E-state index is 0.278. The van der Waals surface area contributed by atoms with E-state index < -0.39 is 0 Å². The van der Waals surface area contributed by atoms with E-state index in [0.29, 0.717) is 86.0 Å². The highest BCUT2D eigenvalue weighted by atomic mass is 16.5. The third-order valence-electron chi connectivity index (χ3n) is 10.0. The summed E-state index contributed by atoms with van der Waals surface area (Å²) >= 11 is 0. The maximum absolute atomic E-state index is 5.83. The molecule has 0 fully saturated rings. The van der Waals surface area contributed by atoms with E-state index in [1.165, 1.54) is 0 Å². The SMILES string of the molecule is CCCCc1nc(-c2cccc(-c3nc(-c4cc(-c5noc(-c6cccc(-c7noc(C)n7)c6)n5)cc(-c5noc(-c6cccc(-c7noc(CCCC)n7)c6)n5)c4)no3)c2)no1. The van der Waals surface area contributed by atoms with E-state index in [0.717, 1.165) is 55.2 Å². The molecule has 18 nitrogen and oxygen atoms in total. The standard InChI is InChI=1S/C45H36N12O6/c1-4-6-17-35-47-38(53-59-35)27-12-9-15-30(20-27)44-50-41(56-62-44)33-22-32(40-49-43(61-55-40)29-14-8-11-26(19-29)37-46-25(3)58-52-37)23-34(24-33)42-51-45(63-57-42)31-16-10-13-28(21-31)39-48-36(60-54-39)18-7-5-2/h8-16,19-24H,4-7,17-18H2,1-3H3. The Balaban J connectivity index is 0.994. The lowest BCUT2D eigenvalue weighted by Crippen LogP contribution is -1.90. The van der Waals surface area contributed by atoms with Gasteiger partial charge in [-0.3, -0.25) is 0 Å². The summed E-state index contributed by atoms with van der Waals surface area (Å²) in [5, 5.41) is 25.5. The van der Waals surface area contributed by atoms with Crippen LogP contribution in [0.3, 0.4) is 0 Å². The first kappa shape index (κ1) is 38.9. The minimum Gasteiger partial charge on any atom is -0.339 e. The van der Waals surface area contributed by atoms with Gasteiger partial charge in [0.05, 0.1) is 0 Å². The van der Waals surface area contributed by atoms with Gasteiger partial charge >= 0.3 is 0 Å². The van der Waals surface area contributed by atoms with E-state index in [2.05, 4.69) is 59.7 Å². The molecule has 6 heterocycles. The first-order valence-electron chi connectivity index (χ1n) is 20.4. The van der Waals surface area contributed by atoms with E-state index in [1.54, 1.807) is 6.92 Å². The van der Waals surface area contributed by atoms with E-state index in [-0.39, 0.29) is 17.7 Å². The quantitative estimate of drug-likeness (QED) is 0.0933. The van der Waals surface area contributed by atoms with Crippen LogP contribution in [0.25, 0.3) is 103 Å². The lowest BCUT2D eigenvalue weighted by Gasteiger charge is -2.03. The number of nitrogens with zero attached hydrogens (tertiary/aromatic N) is 12. The molecule has 0 spiro atoms. The van der Waals surface area contributed by atoms with Crippen molar-refractivity contribution in [1.29, 1.82) is 0 Å². The molecule has 0 amide bonds. The van der Waals surface area contributed by atoms with Gasteiger partial charge in [0.2, 0.25) is 52.6 Å². The average molecular weight is 841 g/mol. The highest BCUT2D eigenvalue weighted by Gasteiger charge is 2.21. The van der Waals surface area contributed by atoms with Crippen LogP contribution in [0.5, 0.6) is 0 Å². The maximum Gasteiger partial charge on any atom is 0.258 e. The molecule has 0 aliphatic heterocycles. The Morgan fingerprint density at radius 1 is 0.349 bits per heavy atom. The van der Waals surface area contributed by atoms with Crippen molar-refractivity contribution in [2.24, 2.45) is 0 Å². The van der Waals surface area contributed by atoms with Crippen molar-refractivity contribution < 1.29 is 27.1 Å². The second-order valence-corrected chi connectivity index (χ2v) is 14.7. The summed E-state index contributed by atoms with van der Waals surface area (Å²) in [4.78, 5) is 27.8. The molecule has 10 aromatic rings. The van der Waals surface area contributed by atoms with Crippen LogP contribution in [0.1, 0.15) is 57.2 Å². The van der Waals surface area contributed by atoms with Gasteiger partial charge in [-0.05, 0) is 67.4 Å². The van der Waals surface area contributed by atoms with Crippen LogP contribution in [0, 0.1) is 6.92 Å². The van der Waals surface area contributed by atoms with Gasteiger partial charge in [0.25, 0.3) is 17.7 Å². The Kier molecular flexibility index (Phi) is 10.5. The molecule has 18 heteroatoms. The van der Waals surface area contributed by atoms with Gasteiger partial charge in [0.1, 0.15) is 0 Å². The van der Waals surface area contributed by atoms with Crippen molar-refractivity contribution in [2.45, 2.75) is 59.3 Å². The van der Waals surface area contributed by atoms with Gasteiger partial charge in [-0.25, -0.2) is 0 Å². The minimum absolute atomic E-state index is 0.278. The lowest BCUT2D eigenvalue weighted by atomic mass is 10.0. The van der Waals surface area contributed by atoms with Crippen molar-refractivity contribution >= 4 is 0 Å². The number of benzene rings is 4. The number of hydrogen-bond donors (Lipinski definition) is 0. The Morgan fingerprint density at radius 2 is 0.667 bits per heavy atom. The number of aromatic nitrogens is 12. The zero-order valence-corrected chi connectivity index (χ0v) is 34.2. The Morgan fingerprint density at radius 3 is 1.03 bits per heavy atom. The van der Waals surface area contributed by atoms with Crippen molar-refractivity contribution in [3.05, 3.63) is 109 Å². The smallest absolute Gasteiger partial charge is 0.258 e. The number of rotatable bonds is 15. The van der Waals surface area contributed by atoms with Crippen LogP contribution in [-0.4, -0.2) is 60.8 Å². The third kappa shape index (κ3) is 8.28. The monoisotopic (exact) mass is 840 g/mol. The summed E-state index contributed by atoms with van der Waals surface area (Å²) in [7, 11) is 0. The molecule has 312 valence electrons. The predicted molar refractivity (Wildman–Crippen MR) is 224 cm³/mol. The molecule has 63 heavy (non-hydrogen) atoms. The van der Waals surface area contributed by atoms with Gasteiger partial charge in [0.15, 0.2) is 0 Å². The Bertz CT molecular complexity index is 3030. The van der Waals surface area contributed by atoms with Crippen molar-refractivity contribution in [3.63, 3.8) is 0 Å². The molecule has 0 N–H and O–H groups in total. The zero-order valence-electron chi connectivity index (χ0n) is 34.2. The van der Waals surface area contributed by atoms with Crippen LogP contribution in [0.4, 0.5) is 0 Å². The van der Waals surface area contributed by atoms with Crippen molar-refractivity contribution in [3.8, 4) is 103 Å². The third-order valence-corrected chi connectivity index (χ3v) is 10.0. The van der Waals surface area contributed by atoms with Gasteiger partial charge in [0, 0.05) is 69.8 Å². The number of unbranched alkanes of at least 4 members (excludes halogenated alkanes) is 2. The molecule has 0 radical (unpaired) electrons. The molecule has 0 atom stereocenters. The molecule has 0 saturated carbocycles. The highest BCUT2D eigenvalue weighted by molar-refractivity contribution is 5.77. The van der Waals surface area contributed by atoms with Gasteiger partial charge in [-0.15, -0.1) is 0 Å². The first-order valence-corrected chi connectivity index (χ1v) is 20.4.